The summed E-state index contributed by atoms with van der Waals surface area (Å²) in [5.74, 6) is 7.86. The molecular formula is C18H19ClN2. The molecule has 0 aromatic heterocycles. The van der Waals surface area contributed by atoms with Gasteiger partial charge in [0.25, 0.3) is 0 Å². The Kier molecular flexibility index (Phi) is 3.26. The molecule has 0 aliphatic heterocycles. The van der Waals surface area contributed by atoms with E-state index in [-0.39, 0.29) is 6.04 Å². The normalized spacial score (nSPS) is 27.6. The smallest absolute Gasteiger partial charge is 0.0497 e. The third-order valence-electron chi connectivity index (χ3n) is 5.16. The van der Waals surface area contributed by atoms with Gasteiger partial charge in [0.05, 0.1) is 0 Å². The zero-order valence-corrected chi connectivity index (χ0v) is 12.6. The molecule has 4 rings (SSSR count). The van der Waals surface area contributed by atoms with E-state index in [1.54, 1.807) is 0 Å². The van der Waals surface area contributed by atoms with Gasteiger partial charge in [-0.15, -0.1) is 0 Å². The summed E-state index contributed by atoms with van der Waals surface area (Å²) >= 11 is 6.14. The van der Waals surface area contributed by atoms with E-state index in [1.165, 1.54) is 29.5 Å². The number of nitrogens with two attached hydrogens (primary N) is 1. The second-order valence-electron chi connectivity index (χ2n) is 6.20. The fourth-order valence-corrected chi connectivity index (χ4v) is 4.40. The van der Waals surface area contributed by atoms with Crippen LogP contribution in [-0.4, -0.2) is 0 Å². The largest absolute Gasteiger partial charge is 0.271 e. The first-order chi connectivity index (χ1) is 10.3. The standard InChI is InChI=1S/C18H19ClN2/c19-13-6-3-5-12(10-13)18(21-20)17-15-9-8-11-4-1-2-7-14(11)16(15)17/h1-7,10,15-18,21H,8-9,20H2. The fourth-order valence-electron chi connectivity index (χ4n) is 4.20. The molecule has 0 amide bonds. The minimum absolute atomic E-state index is 0.185. The predicted molar refractivity (Wildman–Crippen MR) is 86.0 cm³/mol. The van der Waals surface area contributed by atoms with Crippen molar-refractivity contribution < 1.29 is 0 Å². The number of fused-ring (bicyclic) bond motifs is 3. The highest BCUT2D eigenvalue weighted by Crippen LogP contribution is 2.64. The molecule has 2 aromatic carbocycles. The van der Waals surface area contributed by atoms with Crippen molar-refractivity contribution >= 4 is 11.6 Å². The van der Waals surface area contributed by atoms with Crippen molar-refractivity contribution in [2.75, 3.05) is 0 Å². The van der Waals surface area contributed by atoms with Crippen molar-refractivity contribution in [3.8, 4) is 0 Å². The molecule has 1 fully saturated rings. The van der Waals surface area contributed by atoms with Gasteiger partial charge in [0.15, 0.2) is 0 Å². The maximum absolute atomic E-state index is 6.14. The molecule has 4 unspecified atom stereocenters. The van der Waals surface area contributed by atoms with Gasteiger partial charge in [-0.2, -0.15) is 0 Å². The Morgan fingerprint density at radius 1 is 1.14 bits per heavy atom. The minimum Gasteiger partial charge on any atom is -0.271 e. The van der Waals surface area contributed by atoms with Gasteiger partial charge in [-0.1, -0.05) is 48.0 Å². The number of benzene rings is 2. The predicted octanol–water partition coefficient (Wildman–Crippen LogP) is 3.82. The number of hydrogen-bond donors (Lipinski definition) is 2. The second-order valence-corrected chi connectivity index (χ2v) is 6.64. The number of halogens is 1. The lowest BCUT2D eigenvalue weighted by Gasteiger charge is -2.17. The summed E-state index contributed by atoms with van der Waals surface area (Å²) in [6.07, 6.45) is 2.46. The minimum atomic E-state index is 0.185. The summed E-state index contributed by atoms with van der Waals surface area (Å²) in [6, 6.07) is 17.1. The first-order valence-electron chi connectivity index (χ1n) is 7.59. The van der Waals surface area contributed by atoms with Crippen LogP contribution in [0.15, 0.2) is 48.5 Å². The van der Waals surface area contributed by atoms with Gasteiger partial charge in [0.1, 0.15) is 0 Å². The summed E-state index contributed by atoms with van der Waals surface area (Å²) < 4.78 is 0. The third kappa shape index (κ3) is 2.18. The topological polar surface area (TPSA) is 38.0 Å². The van der Waals surface area contributed by atoms with E-state index >= 15 is 0 Å². The van der Waals surface area contributed by atoms with Gasteiger partial charge in [-0.05, 0) is 59.4 Å². The van der Waals surface area contributed by atoms with Gasteiger partial charge >= 0.3 is 0 Å². The van der Waals surface area contributed by atoms with E-state index in [0.717, 1.165) is 10.9 Å². The van der Waals surface area contributed by atoms with Crippen LogP contribution in [0.4, 0.5) is 0 Å². The maximum atomic E-state index is 6.14. The number of aryl methyl sites for hydroxylation is 1. The van der Waals surface area contributed by atoms with E-state index in [4.69, 9.17) is 17.4 Å². The van der Waals surface area contributed by atoms with Crippen molar-refractivity contribution in [3.05, 3.63) is 70.2 Å². The van der Waals surface area contributed by atoms with Gasteiger partial charge in [0.2, 0.25) is 0 Å². The van der Waals surface area contributed by atoms with Gasteiger partial charge < -0.3 is 0 Å². The molecule has 3 heteroatoms. The second kappa shape index (κ2) is 5.13. The molecule has 108 valence electrons. The van der Waals surface area contributed by atoms with Crippen LogP contribution in [0.3, 0.4) is 0 Å². The lowest BCUT2D eigenvalue weighted by atomic mass is 9.92. The monoisotopic (exact) mass is 298 g/mol. The van der Waals surface area contributed by atoms with Crippen LogP contribution in [0, 0.1) is 11.8 Å². The lowest BCUT2D eigenvalue weighted by molar-refractivity contribution is 0.460. The SMILES string of the molecule is NNC(c1cccc(Cl)c1)C1C2CCc3ccccc3C21. The molecule has 0 heterocycles. The molecule has 3 N–H and O–H groups in total. The average molecular weight is 299 g/mol. The molecule has 2 aromatic rings. The summed E-state index contributed by atoms with van der Waals surface area (Å²) in [5.41, 5.74) is 7.28. The molecule has 2 aliphatic carbocycles. The highest BCUT2D eigenvalue weighted by molar-refractivity contribution is 6.30. The molecule has 0 spiro atoms. The van der Waals surface area contributed by atoms with E-state index in [9.17, 15) is 0 Å². The highest BCUT2D eigenvalue weighted by atomic mass is 35.5. The Morgan fingerprint density at radius 3 is 2.81 bits per heavy atom. The van der Waals surface area contributed by atoms with E-state index < -0.39 is 0 Å². The molecule has 4 atom stereocenters. The zero-order chi connectivity index (χ0) is 14.4. The summed E-state index contributed by atoms with van der Waals surface area (Å²) in [6.45, 7) is 0. The molecule has 0 radical (unpaired) electrons. The Bertz CT molecular complexity index is 670. The van der Waals surface area contributed by atoms with Gasteiger partial charge in [0, 0.05) is 11.1 Å². The van der Waals surface area contributed by atoms with Crippen molar-refractivity contribution in [2.24, 2.45) is 17.7 Å². The van der Waals surface area contributed by atoms with Gasteiger partial charge in [-0.3, -0.25) is 11.3 Å². The summed E-state index contributed by atoms with van der Waals surface area (Å²) in [4.78, 5) is 0. The maximum Gasteiger partial charge on any atom is 0.0497 e. The van der Waals surface area contributed by atoms with Crippen molar-refractivity contribution in [2.45, 2.75) is 24.8 Å². The van der Waals surface area contributed by atoms with E-state index in [2.05, 4.69) is 35.8 Å². The third-order valence-corrected chi connectivity index (χ3v) is 5.40. The molecule has 21 heavy (non-hydrogen) atoms. The Balaban J connectivity index is 1.66. The molecule has 0 saturated heterocycles. The Hall–Kier alpha value is -1.35. The van der Waals surface area contributed by atoms with Crippen LogP contribution < -0.4 is 11.3 Å². The van der Waals surface area contributed by atoms with Crippen molar-refractivity contribution in [1.29, 1.82) is 0 Å². The Labute approximate surface area is 130 Å². The number of hydrogen-bond acceptors (Lipinski definition) is 2. The van der Waals surface area contributed by atoms with Crippen LogP contribution in [-0.2, 0) is 6.42 Å². The lowest BCUT2D eigenvalue weighted by Crippen LogP contribution is -2.30. The van der Waals surface area contributed by atoms with E-state index in [0.29, 0.717) is 11.8 Å². The highest BCUT2D eigenvalue weighted by Gasteiger charge is 2.56. The van der Waals surface area contributed by atoms with Crippen molar-refractivity contribution in [3.63, 3.8) is 0 Å². The zero-order valence-electron chi connectivity index (χ0n) is 11.8. The first kappa shape index (κ1) is 13.3. The number of nitrogens with one attached hydrogen (secondary N) is 1. The first-order valence-corrected chi connectivity index (χ1v) is 7.97. The average Bonchev–Trinajstić information content (AvgIpc) is 3.23. The van der Waals surface area contributed by atoms with Crippen LogP contribution >= 0.6 is 11.6 Å². The summed E-state index contributed by atoms with van der Waals surface area (Å²) in [7, 11) is 0. The molecule has 2 nitrogen and oxygen atoms in total. The van der Waals surface area contributed by atoms with Crippen LogP contribution in [0.25, 0.3) is 0 Å². The summed E-state index contributed by atoms with van der Waals surface area (Å²) in [5, 5.41) is 0.775. The van der Waals surface area contributed by atoms with Crippen LogP contribution in [0.1, 0.15) is 35.1 Å². The van der Waals surface area contributed by atoms with Crippen LogP contribution in [0.5, 0.6) is 0 Å². The van der Waals surface area contributed by atoms with Crippen molar-refractivity contribution in [1.82, 2.24) is 5.43 Å². The number of rotatable bonds is 3. The molecule has 0 bridgehead atoms. The number of hydrazine groups is 1. The van der Waals surface area contributed by atoms with Crippen LogP contribution in [0.2, 0.25) is 5.02 Å². The molecule has 2 aliphatic rings. The quantitative estimate of drug-likeness (QED) is 0.668. The molecule has 1 saturated carbocycles. The fraction of sp³-hybridized carbons (Fsp3) is 0.333. The molecular weight excluding hydrogens is 280 g/mol. The Morgan fingerprint density at radius 2 is 2.00 bits per heavy atom. The van der Waals surface area contributed by atoms with Gasteiger partial charge in [-0.25, -0.2) is 0 Å². The van der Waals surface area contributed by atoms with E-state index in [1.807, 2.05) is 18.2 Å².